The predicted octanol–water partition coefficient (Wildman–Crippen LogP) is 2.54. The number of benzene rings is 1. The Morgan fingerprint density at radius 1 is 1.30 bits per heavy atom. The van der Waals surface area contributed by atoms with E-state index in [1.807, 2.05) is 19.9 Å². The number of aromatic nitrogens is 2. The molecule has 4 nitrogen and oxygen atoms in total. The van der Waals surface area contributed by atoms with Gasteiger partial charge in [0.15, 0.2) is 11.6 Å². The molecule has 0 bridgehead atoms. The van der Waals surface area contributed by atoms with E-state index < -0.39 is 11.9 Å². The SMILES string of the molecule is CCc1nnc(C)cc1C(N)c1cccc(OC)c1F. The van der Waals surface area contributed by atoms with Crippen LogP contribution in [0.3, 0.4) is 0 Å². The Morgan fingerprint density at radius 2 is 2.05 bits per heavy atom. The smallest absolute Gasteiger partial charge is 0.170 e. The zero-order valence-electron chi connectivity index (χ0n) is 11.9. The maximum Gasteiger partial charge on any atom is 0.170 e. The van der Waals surface area contributed by atoms with Gasteiger partial charge in [0.05, 0.1) is 24.5 Å². The van der Waals surface area contributed by atoms with Crippen LogP contribution in [0.2, 0.25) is 0 Å². The average Bonchev–Trinajstić information content (AvgIpc) is 2.46. The second-order valence-corrected chi connectivity index (χ2v) is 4.58. The van der Waals surface area contributed by atoms with Crippen LogP contribution in [0, 0.1) is 12.7 Å². The molecule has 0 aliphatic heterocycles. The molecular formula is C15H18FN3O. The summed E-state index contributed by atoms with van der Waals surface area (Å²) in [6.07, 6.45) is 0.696. The van der Waals surface area contributed by atoms with E-state index in [0.29, 0.717) is 12.0 Å². The third-order valence-corrected chi connectivity index (χ3v) is 3.24. The molecule has 1 heterocycles. The molecule has 0 aliphatic rings. The number of halogens is 1. The summed E-state index contributed by atoms with van der Waals surface area (Å²) in [6, 6.07) is 6.23. The largest absolute Gasteiger partial charge is 0.494 e. The molecule has 0 spiro atoms. The van der Waals surface area contributed by atoms with E-state index in [-0.39, 0.29) is 5.75 Å². The highest BCUT2D eigenvalue weighted by molar-refractivity contribution is 5.39. The zero-order valence-corrected chi connectivity index (χ0v) is 11.9. The molecule has 0 saturated carbocycles. The van der Waals surface area contributed by atoms with Crippen LogP contribution in [0.15, 0.2) is 24.3 Å². The van der Waals surface area contributed by atoms with Gasteiger partial charge < -0.3 is 10.5 Å². The molecule has 0 amide bonds. The Morgan fingerprint density at radius 3 is 2.70 bits per heavy atom. The number of rotatable bonds is 4. The summed E-state index contributed by atoms with van der Waals surface area (Å²) < 4.78 is 19.3. The van der Waals surface area contributed by atoms with E-state index in [4.69, 9.17) is 10.5 Å². The molecule has 2 aromatic rings. The van der Waals surface area contributed by atoms with Gasteiger partial charge in [-0.2, -0.15) is 10.2 Å². The molecule has 0 saturated heterocycles. The third kappa shape index (κ3) is 2.63. The Kier molecular flexibility index (Phi) is 4.29. The average molecular weight is 275 g/mol. The number of nitrogens with two attached hydrogens (primary N) is 1. The van der Waals surface area contributed by atoms with Gasteiger partial charge in [0, 0.05) is 5.56 Å². The van der Waals surface area contributed by atoms with Gasteiger partial charge in [0.1, 0.15) is 0 Å². The number of hydrogen-bond acceptors (Lipinski definition) is 4. The summed E-state index contributed by atoms with van der Waals surface area (Å²) in [5.41, 5.74) is 8.96. The first kappa shape index (κ1) is 14.4. The van der Waals surface area contributed by atoms with Crippen molar-refractivity contribution in [3.05, 3.63) is 52.6 Å². The van der Waals surface area contributed by atoms with Gasteiger partial charge in [0.2, 0.25) is 0 Å². The van der Waals surface area contributed by atoms with Gasteiger partial charge in [-0.1, -0.05) is 19.1 Å². The lowest BCUT2D eigenvalue weighted by Gasteiger charge is -2.17. The minimum absolute atomic E-state index is 0.190. The molecule has 2 rings (SSSR count). The van der Waals surface area contributed by atoms with Gasteiger partial charge in [-0.15, -0.1) is 0 Å². The van der Waals surface area contributed by atoms with E-state index in [2.05, 4.69) is 10.2 Å². The first-order valence-electron chi connectivity index (χ1n) is 6.49. The second-order valence-electron chi connectivity index (χ2n) is 4.58. The summed E-state index contributed by atoms with van der Waals surface area (Å²) in [5, 5.41) is 8.15. The van der Waals surface area contributed by atoms with Crippen molar-refractivity contribution in [1.82, 2.24) is 10.2 Å². The van der Waals surface area contributed by atoms with Gasteiger partial charge >= 0.3 is 0 Å². The number of methoxy groups -OCH3 is 1. The molecule has 2 N–H and O–H groups in total. The van der Waals surface area contributed by atoms with Crippen molar-refractivity contribution in [1.29, 1.82) is 0 Å². The van der Waals surface area contributed by atoms with Crippen LogP contribution in [0.25, 0.3) is 0 Å². The minimum Gasteiger partial charge on any atom is -0.494 e. The van der Waals surface area contributed by atoms with Crippen molar-refractivity contribution in [2.75, 3.05) is 7.11 Å². The van der Waals surface area contributed by atoms with Crippen LogP contribution in [0.5, 0.6) is 5.75 Å². The van der Waals surface area contributed by atoms with Crippen molar-refractivity contribution in [2.45, 2.75) is 26.3 Å². The molecule has 0 radical (unpaired) electrons. The number of nitrogens with zero attached hydrogens (tertiary/aromatic N) is 2. The molecule has 0 aliphatic carbocycles. The minimum atomic E-state index is -0.589. The predicted molar refractivity (Wildman–Crippen MR) is 75.1 cm³/mol. The van der Waals surface area contributed by atoms with Crippen molar-refractivity contribution < 1.29 is 9.13 Å². The van der Waals surface area contributed by atoms with Crippen LogP contribution in [0.4, 0.5) is 4.39 Å². The number of aryl methyl sites for hydroxylation is 2. The Labute approximate surface area is 117 Å². The fourth-order valence-electron chi connectivity index (χ4n) is 2.17. The molecule has 1 atom stereocenters. The van der Waals surface area contributed by atoms with Crippen LogP contribution in [0.1, 0.15) is 35.5 Å². The molecule has 1 unspecified atom stereocenters. The molecule has 20 heavy (non-hydrogen) atoms. The summed E-state index contributed by atoms with van der Waals surface area (Å²) in [5.74, 6) is -0.242. The molecule has 5 heteroatoms. The first-order valence-corrected chi connectivity index (χ1v) is 6.49. The van der Waals surface area contributed by atoms with Crippen molar-refractivity contribution in [3.8, 4) is 5.75 Å². The van der Waals surface area contributed by atoms with Crippen molar-refractivity contribution in [3.63, 3.8) is 0 Å². The van der Waals surface area contributed by atoms with E-state index in [1.54, 1.807) is 18.2 Å². The Hall–Kier alpha value is -2.01. The normalized spacial score (nSPS) is 12.2. The number of ether oxygens (including phenoxy) is 1. The lowest BCUT2D eigenvalue weighted by atomic mass is 9.96. The highest BCUT2D eigenvalue weighted by Crippen LogP contribution is 2.29. The summed E-state index contributed by atoms with van der Waals surface area (Å²) in [7, 11) is 1.43. The fourth-order valence-corrected chi connectivity index (χ4v) is 2.17. The van der Waals surface area contributed by atoms with Gasteiger partial charge in [0.25, 0.3) is 0 Å². The van der Waals surface area contributed by atoms with Crippen LogP contribution in [-0.2, 0) is 6.42 Å². The van der Waals surface area contributed by atoms with E-state index >= 15 is 0 Å². The topological polar surface area (TPSA) is 61.0 Å². The number of hydrogen-bond donors (Lipinski definition) is 1. The van der Waals surface area contributed by atoms with E-state index in [9.17, 15) is 4.39 Å². The van der Waals surface area contributed by atoms with Gasteiger partial charge in [-0.05, 0) is 31.0 Å². The summed E-state index contributed by atoms with van der Waals surface area (Å²) in [6.45, 7) is 3.81. The zero-order chi connectivity index (χ0) is 14.7. The van der Waals surface area contributed by atoms with Crippen molar-refractivity contribution >= 4 is 0 Å². The van der Waals surface area contributed by atoms with E-state index in [0.717, 1.165) is 17.0 Å². The lowest BCUT2D eigenvalue weighted by Crippen LogP contribution is -2.17. The standard InChI is InChI=1S/C15H18FN3O/c1-4-12-11(8-9(2)18-19-12)15(17)10-6-5-7-13(20-3)14(10)16/h5-8,15H,4,17H2,1-3H3. The maximum absolute atomic E-state index is 14.3. The van der Waals surface area contributed by atoms with Crippen LogP contribution >= 0.6 is 0 Å². The Balaban J connectivity index is 2.51. The third-order valence-electron chi connectivity index (χ3n) is 3.24. The fraction of sp³-hybridized carbons (Fsp3) is 0.333. The molecule has 1 aromatic heterocycles. The summed E-state index contributed by atoms with van der Waals surface area (Å²) >= 11 is 0. The highest BCUT2D eigenvalue weighted by atomic mass is 19.1. The monoisotopic (exact) mass is 275 g/mol. The van der Waals surface area contributed by atoms with E-state index in [1.165, 1.54) is 7.11 Å². The summed E-state index contributed by atoms with van der Waals surface area (Å²) in [4.78, 5) is 0. The van der Waals surface area contributed by atoms with Crippen LogP contribution < -0.4 is 10.5 Å². The maximum atomic E-state index is 14.3. The first-order chi connectivity index (χ1) is 9.58. The molecular weight excluding hydrogens is 257 g/mol. The van der Waals surface area contributed by atoms with Gasteiger partial charge in [-0.25, -0.2) is 4.39 Å². The van der Waals surface area contributed by atoms with Crippen molar-refractivity contribution in [2.24, 2.45) is 5.73 Å². The highest BCUT2D eigenvalue weighted by Gasteiger charge is 2.20. The quantitative estimate of drug-likeness (QED) is 0.931. The molecule has 1 aromatic carbocycles. The second kappa shape index (κ2) is 5.96. The molecule has 106 valence electrons. The lowest BCUT2D eigenvalue weighted by molar-refractivity contribution is 0.383. The van der Waals surface area contributed by atoms with Crippen LogP contribution in [-0.4, -0.2) is 17.3 Å². The van der Waals surface area contributed by atoms with Gasteiger partial charge in [-0.3, -0.25) is 0 Å². The molecule has 0 fully saturated rings. The Bertz CT molecular complexity index is 616.